The molecule has 2 heterocycles. The van der Waals surface area contributed by atoms with E-state index in [1.54, 1.807) is 12.1 Å². The van der Waals surface area contributed by atoms with Crippen molar-refractivity contribution in [3.05, 3.63) is 57.5 Å². The second-order valence-electron chi connectivity index (χ2n) is 6.19. The van der Waals surface area contributed by atoms with Crippen molar-refractivity contribution in [2.75, 3.05) is 26.2 Å². The second kappa shape index (κ2) is 7.43. The van der Waals surface area contributed by atoms with E-state index in [-0.39, 0.29) is 18.0 Å². The number of amides is 1. The maximum absolute atomic E-state index is 12.4. The number of rotatable bonds is 5. The maximum Gasteiger partial charge on any atom is 0.269 e. The summed E-state index contributed by atoms with van der Waals surface area (Å²) in [6.45, 7) is 5.49. The molecule has 1 fully saturated rings. The van der Waals surface area contributed by atoms with Crippen molar-refractivity contribution < 1.29 is 14.2 Å². The van der Waals surface area contributed by atoms with Gasteiger partial charge in [0.2, 0.25) is 5.91 Å². The highest BCUT2D eigenvalue weighted by molar-refractivity contribution is 5.79. The molecule has 0 N–H and O–H groups in total. The van der Waals surface area contributed by atoms with E-state index in [9.17, 15) is 14.9 Å². The third kappa shape index (κ3) is 4.42. The number of carbonyl (C=O) groups excluding carboxylic acids is 1. The van der Waals surface area contributed by atoms with Crippen molar-refractivity contribution in [1.29, 1.82) is 0 Å². The number of hydrogen-bond acceptors (Lipinski definition) is 6. The smallest absolute Gasteiger partial charge is 0.269 e. The Balaban J connectivity index is 1.48. The lowest BCUT2D eigenvalue weighted by atomic mass is 10.1. The quantitative estimate of drug-likeness (QED) is 0.606. The van der Waals surface area contributed by atoms with Gasteiger partial charge in [0, 0.05) is 44.4 Å². The number of nitrogens with zero attached hydrogens (tertiary/aromatic N) is 4. The number of nitro benzene ring substituents is 1. The Hall–Kier alpha value is -2.74. The maximum atomic E-state index is 12.4. The largest absolute Gasteiger partial charge is 0.360 e. The highest BCUT2D eigenvalue weighted by atomic mass is 16.6. The van der Waals surface area contributed by atoms with E-state index in [0.717, 1.165) is 30.1 Å². The summed E-state index contributed by atoms with van der Waals surface area (Å²) in [4.78, 5) is 26.7. The van der Waals surface area contributed by atoms with Crippen LogP contribution in [-0.2, 0) is 17.8 Å². The Morgan fingerprint density at radius 1 is 1.24 bits per heavy atom. The number of nitro groups is 1. The van der Waals surface area contributed by atoms with E-state index in [1.165, 1.54) is 12.1 Å². The molecule has 0 bridgehead atoms. The van der Waals surface area contributed by atoms with Crippen LogP contribution >= 0.6 is 0 Å². The number of aryl methyl sites for hydroxylation is 1. The van der Waals surface area contributed by atoms with Crippen molar-refractivity contribution in [2.24, 2.45) is 0 Å². The minimum atomic E-state index is -0.444. The first kappa shape index (κ1) is 17.1. The fourth-order valence-corrected chi connectivity index (χ4v) is 2.89. The van der Waals surface area contributed by atoms with Gasteiger partial charge in [-0.3, -0.25) is 19.8 Å². The van der Waals surface area contributed by atoms with Crippen LogP contribution in [0.15, 0.2) is 34.9 Å². The molecule has 8 heteroatoms. The molecule has 132 valence electrons. The number of aromatic nitrogens is 1. The Labute approximate surface area is 145 Å². The SMILES string of the molecule is Cc1cc(CN2CCN(C(=O)Cc3ccc([N+](=O)[O-])cc3)CC2)on1. The van der Waals surface area contributed by atoms with Gasteiger partial charge in [-0.15, -0.1) is 0 Å². The minimum absolute atomic E-state index is 0.0347. The monoisotopic (exact) mass is 344 g/mol. The van der Waals surface area contributed by atoms with Crippen LogP contribution in [0.3, 0.4) is 0 Å². The van der Waals surface area contributed by atoms with Gasteiger partial charge in [-0.25, -0.2) is 0 Å². The molecule has 0 spiro atoms. The lowest BCUT2D eigenvalue weighted by Gasteiger charge is -2.34. The first-order valence-electron chi connectivity index (χ1n) is 8.17. The fourth-order valence-electron chi connectivity index (χ4n) is 2.89. The molecular weight excluding hydrogens is 324 g/mol. The molecule has 1 aromatic carbocycles. The number of carbonyl (C=O) groups is 1. The van der Waals surface area contributed by atoms with Gasteiger partial charge in [0.25, 0.3) is 5.69 Å². The van der Waals surface area contributed by atoms with E-state index in [0.29, 0.717) is 19.6 Å². The van der Waals surface area contributed by atoms with Gasteiger partial charge in [-0.05, 0) is 12.5 Å². The van der Waals surface area contributed by atoms with Crippen LogP contribution in [0.25, 0.3) is 0 Å². The standard InChI is InChI=1S/C17H20N4O4/c1-13-10-16(25-18-13)12-19-6-8-20(9-7-19)17(22)11-14-2-4-15(5-3-14)21(23)24/h2-5,10H,6-9,11-12H2,1H3. The summed E-state index contributed by atoms with van der Waals surface area (Å²) in [5.41, 5.74) is 1.69. The molecule has 0 unspecified atom stereocenters. The summed E-state index contributed by atoms with van der Waals surface area (Å²) >= 11 is 0. The van der Waals surface area contributed by atoms with Crippen molar-refractivity contribution in [1.82, 2.24) is 15.0 Å². The normalized spacial score (nSPS) is 15.3. The molecule has 0 radical (unpaired) electrons. The average Bonchev–Trinajstić information content (AvgIpc) is 3.01. The summed E-state index contributed by atoms with van der Waals surface area (Å²) in [7, 11) is 0. The Bertz CT molecular complexity index is 748. The van der Waals surface area contributed by atoms with Gasteiger partial charge in [-0.2, -0.15) is 0 Å². The van der Waals surface area contributed by atoms with Gasteiger partial charge in [0.15, 0.2) is 5.76 Å². The first-order valence-corrected chi connectivity index (χ1v) is 8.17. The minimum Gasteiger partial charge on any atom is -0.360 e. The summed E-state index contributed by atoms with van der Waals surface area (Å²) in [5.74, 6) is 0.882. The molecule has 1 saturated heterocycles. The molecule has 2 aromatic rings. The molecule has 8 nitrogen and oxygen atoms in total. The second-order valence-corrected chi connectivity index (χ2v) is 6.19. The highest BCUT2D eigenvalue weighted by Gasteiger charge is 2.22. The van der Waals surface area contributed by atoms with Crippen molar-refractivity contribution in [3.63, 3.8) is 0 Å². The molecular formula is C17H20N4O4. The van der Waals surface area contributed by atoms with Gasteiger partial charge in [-0.1, -0.05) is 17.3 Å². The number of hydrogen-bond donors (Lipinski definition) is 0. The van der Waals surface area contributed by atoms with E-state index >= 15 is 0 Å². The summed E-state index contributed by atoms with van der Waals surface area (Å²) in [5, 5.41) is 14.5. The third-order valence-corrected chi connectivity index (χ3v) is 4.28. The van der Waals surface area contributed by atoms with Crippen molar-refractivity contribution >= 4 is 11.6 Å². The lowest BCUT2D eigenvalue weighted by molar-refractivity contribution is -0.384. The summed E-state index contributed by atoms with van der Waals surface area (Å²) in [6, 6.07) is 8.06. The topological polar surface area (TPSA) is 92.7 Å². The van der Waals surface area contributed by atoms with Gasteiger partial charge in [0.1, 0.15) is 0 Å². The zero-order valence-electron chi connectivity index (χ0n) is 14.1. The molecule has 1 aliphatic rings. The average molecular weight is 344 g/mol. The predicted molar refractivity (Wildman–Crippen MR) is 89.9 cm³/mol. The zero-order chi connectivity index (χ0) is 17.8. The molecule has 3 rings (SSSR count). The lowest BCUT2D eigenvalue weighted by Crippen LogP contribution is -2.48. The third-order valence-electron chi connectivity index (χ3n) is 4.28. The molecule has 25 heavy (non-hydrogen) atoms. The molecule has 1 amide bonds. The van der Waals surface area contributed by atoms with Crippen LogP contribution in [0.1, 0.15) is 17.0 Å². The Morgan fingerprint density at radius 2 is 1.92 bits per heavy atom. The van der Waals surface area contributed by atoms with Crippen LogP contribution in [-0.4, -0.2) is 52.0 Å². The number of piperazine rings is 1. The fraction of sp³-hybridized carbons (Fsp3) is 0.412. The van der Waals surface area contributed by atoms with Crippen LogP contribution in [0, 0.1) is 17.0 Å². The Morgan fingerprint density at radius 3 is 2.48 bits per heavy atom. The molecule has 0 atom stereocenters. The van der Waals surface area contributed by atoms with Crippen LogP contribution in [0.4, 0.5) is 5.69 Å². The Kier molecular flexibility index (Phi) is 5.08. The van der Waals surface area contributed by atoms with Crippen LogP contribution in [0.5, 0.6) is 0 Å². The van der Waals surface area contributed by atoms with E-state index < -0.39 is 4.92 Å². The molecule has 1 aromatic heterocycles. The van der Waals surface area contributed by atoms with Gasteiger partial charge in [0.05, 0.1) is 23.6 Å². The molecule has 0 aliphatic carbocycles. The number of benzene rings is 1. The van der Waals surface area contributed by atoms with Crippen LogP contribution < -0.4 is 0 Å². The summed E-state index contributed by atoms with van der Waals surface area (Å²) in [6.07, 6.45) is 0.263. The first-order chi connectivity index (χ1) is 12.0. The predicted octanol–water partition coefficient (Wildman–Crippen LogP) is 1.78. The van der Waals surface area contributed by atoms with Crippen molar-refractivity contribution in [2.45, 2.75) is 19.9 Å². The number of non-ortho nitro benzene ring substituents is 1. The zero-order valence-corrected chi connectivity index (χ0v) is 14.1. The van der Waals surface area contributed by atoms with E-state index in [1.807, 2.05) is 17.9 Å². The van der Waals surface area contributed by atoms with Crippen LogP contribution in [0.2, 0.25) is 0 Å². The summed E-state index contributed by atoms with van der Waals surface area (Å²) < 4.78 is 5.23. The van der Waals surface area contributed by atoms with Crippen molar-refractivity contribution in [3.8, 4) is 0 Å². The van der Waals surface area contributed by atoms with Gasteiger partial charge < -0.3 is 9.42 Å². The van der Waals surface area contributed by atoms with E-state index in [2.05, 4.69) is 10.1 Å². The molecule has 0 saturated carbocycles. The highest BCUT2D eigenvalue weighted by Crippen LogP contribution is 2.14. The molecule has 1 aliphatic heterocycles. The van der Waals surface area contributed by atoms with E-state index in [4.69, 9.17) is 4.52 Å². The van der Waals surface area contributed by atoms with Gasteiger partial charge >= 0.3 is 0 Å².